The second-order valence-corrected chi connectivity index (χ2v) is 6.38. The van der Waals surface area contributed by atoms with Crippen molar-refractivity contribution in [2.24, 2.45) is 0 Å². The number of nitrogen functional groups attached to an aromatic ring is 1. The molecule has 2 rings (SSSR count). The van der Waals surface area contributed by atoms with Crippen molar-refractivity contribution in [3.8, 4) is 0 Å². The van der Waals surface area contributed by atoms with Crippen LogP contribution >= 0.6 is 0 Å². The van der Waals surface area contributed by atoms with E-state index < -0.39 is 0 Å². The molecule has 2 atom stereocenters. The number of nitrogens with zero attached hydrogens (tertiary/aromatic N) is 2. The van der Waals surface area contributed by atoms with Crippen molar-refractivity contribution in [3.63, 3.8) is 0 Å². The molecular weight excluding hydrogens is 260 g/mol. The Morgan fingerprint density at radius 1 is 1.38 bits per heavy atom. The highest BCUT2D eigenvalue weighted by Gasteiger charge is 2.40. The lowest BCUT2D eigenvalue weighted by molar-refractivity contribution is 0.0848. The Bertz CT molecular complexity index is 468. The van der Waals surface area contributed by atoms with Crippen molar-refractivity contribution in [3.05, 3.63) is 23.4 Å². The van der Waals surface area contributed by atoms with Gasteiger partial charge in [-0.25, -0.2) is 4.98 Å². The molecule has 118 valence electrons. The van der Waals surface area contributed by atoms with Crippen LogP contribution in [0.1, 0.15) is 57.2 Å². The van der Waals surface area contributed by atoms with Gasteiger partial charge in [-0.15, -0.1) is 0 Å². The lowest BCUT2D eigenvalue weighted by atomic mass is 9.82. The first-order valence-electron chi connectivity index (χ1n) is 8.23. The van der Waals surface area contributed by atoms with E-state index in [0.717, 1.165) is 18.5 Å². The van der Waals surface area contributed by atoms with Crippen molar-refractivity contribution >= 4 is 5.82 Å². The fourth-order valence-corrected chi connectivity index (χ4v) is 3.54. The van der Waals surface area contributed by atoms with Crippen LogP contribution in [0.3, 0.4) is 0 Å². The summed E-state index contributed by atoms with van der Waals surface area (Å²) in [5.74, 6) is 0.658. The standard InChI is InChI=1S/C17H30N4/c1-5-17(4,21-9-7-8-10-21)15(19-6-2)14-11-13(3)12-20-16(14)18/h11-12,15,19H,5-10H2,1-4H3,(H2,18,20). The number of likely N-dealkylation sites (N-methyl/N-ethyl adjacent to an activating group) is 1. The van der Waals surface area contributed by atoms with E-state index in [1.165, 1.54) is 31.5 Å². The second kappa shape index (κ2) is 6.75. The number of rotatable bonds is 6. The monoisotopic (exact) mass is 290 g/mol. The minimum atomic E-state index is 0.0795. The van der Waals surface area contributed by atoms with Gasteiger partial charge < -0.3 is 11.1 Å². The van der Waals surface area contributed by atoms with E-state index in [9.17, 15) is 0 Å². The van der Waals surface area contributed by atoms with Gasteiger partial charge in [0.1, 0.15) is 5.82 Å². The highest BCUT2D eigenvalue weighted by molar-refractivity contribution is 5.44. The van der Waals surface area contributed by atoms with Crippen molar-refractivity contribution in [1.29, 1.82) is 0 Å². The van der Waals surface area contributed by atoms with Gasteiger partial charge in [-0.2, -0.15) is 0 Å². The zero-order valence-corrected chi connectivity index (χ0v) is 13.9. The van der Waals surface area contributed by atoms with E-state index in [2.05, 4.69) is 49.0 Å². The number of pyridine rings is 1. The second-order valence-electron chi connectivity index (χ2n) is 6.38. The van der Waals surface area contributed by atoms with Crippen LogP contribution in [0.15, 0.2) is 12.3 Å². The van der Waals surface area contributed by atoms with Crippen molar-refractivity contribution in [2.75, 3.05) is 25.4 Å². The molecule has 0 spiro atoms. The Morgan fingerprint density at radius 3 is 2.62 bits per heavy atom. The van der Waals surface area contributed by atoms with Gasteiger partial charge in [0, 0.05) is 17.3 Å². The van der Waals surface area contributed by atoms with Crippen molar-refractivity contribution in [2.45, 2.75) is 58.5 Å². The van der Waals surface area contributed by atoms with E-state index in [-0.39, 0.29) is 11.6 Å². The van der Waals surface area contributed by atoms with Crippen LogP contribution in [-0.2, 0) is 0 Å². The molecule has 0 aromatic carbocycles. The maximum atomic E-state index is 6.20. The lowest BCUT2D eigenvalue weighted by Crippen LogP contribution is -2.53. The summed E-state index contributed by atoms with van der Waals surface area (Å²) in [4.78, 5) is 7.00. The number of aromatic nitrogens is 1. The smallest absolute Gasteiger partial charge is 0.128 e. The maximum Gasteiger partial charge on any atom is 0.128 e. The third-order valence-corrected chi connectivity index (χ3v) is 4.97. The van der Waals surface area contributed by atoms with E-state index in [4.69, 9.17) is 5.73 Å². The van der Waals surface area contributed by atoms with E-state index in [1.54, 1.807) is 0 Å². The molecule has 0 aliphatic carbocycles. The predicted octanol–water partition coefficient (Wildman–Crippen LogP) is 2.89. The molecule has 4 heteroatoms. The largest absolute Gasteiger partial charge is 0.383 e. The molecule has 3 N–H and O–H groups in total. The zero-order valence-electron chi connectivity index (χ0n) is 13.9. The van der Waals surface area contributed by atoms with Gasteiger partial charge in [0.2, 0.25) is 0 Å². The van der Waals surface area contributed by atoms with Crippen LogP contribution in [0, 0.1) is 6.92 Å². The molecule has 1 aromatic rings. The highest BCUT2D eigenvalue weighted by Crippen LogP contribution is 2.38. The summed E-state index contributed by atoms with van der Waals surface area (Å²) in [5, 5.41) is 3.67. The molecule has 4 nitrogen and oxygen atoms in total. The highest BCUT2D eigenvalue weighted by atomic mass is 15.2. The Morgan fingerprint density at radius 2 is 2.05 bits per heavy atom. The van der Waals surface area contributed by atoms with Gasteiger partial charge in [0.05, 0.1) is 6.04 Å². The summed E-state index contributed by atoms with van der Waals surface area (Å²) in [7, 11) is 0. The van der Waals surface area contributed by atoms with Crippen LogP contribution in [0.25, 0.3) is 0 Å². The average molecular weight is 290 g/mol. The number of nitrogens with two attached hydrogens (primary N) is 1. The number of anilines is 1. The Labute approximate surface area is 129 Å². The van der Waals surface area contributed by atoms with Crippen molar-refractivity contribution in [1.82, 2.24) is 15.2 Å². The number of hydrogen-bond donors (Lipinski definition) is 2. The van der Waals surface area contributed by atoms with E-state index >= 15 is 0 Å². The molecule has 0 amide bonds. The zero-order chi connectivity index (χ0) is 15.5. The van der Waals surface area contributed by atoms with E-state index in [0.29, 0.717) is 5.82 Å². The lowest BCUT2D eigenvalue weighted by Gasteiger charge is -2.45. The molecule has 0 saturated carbocycles. The molecule has 1 fully saturated rings. The fraction of sp³-hybridized carbons (Fsp3) is 0.706. The van der Waals surface area contributed by atoms with Crippen molar-refractivity contribution < 1.29 is 0 Å². The number of nitrogens with one attached hydrogen (secondary N) is 1. The van der Waals surface area contributed by atoms with Gasteiger partial charge in [-0.05, 0) is 64.4 Å². The molecular formula is C17H30N4. The molecule has 2 heterocycles. The Hall–Kier alpha value is -1.13. The van der Waals surface area contributed by atoms with Crippen LogP contribution in [0.4, 0.5) is 5.82 Å². The van der Waals surface area contributed by atoms with Crippen LogP contribution in [-0.4, -0.2) is 35.1 Å². The average Bonchev–Trinajstić information content (AvgIpc) is 3.01. The van der Waals surface area contributed by atoms with Crippen LogP contribution < -0.4 is 11.1 Å². The Kier molecular flexibility index (Phi) is 5.22. The van der Waals surface area contributed by atoms with Gasteiger partial charge >= 0.3 is 0 Å². The first-order chi connectivity index (χ1) is 10.0. The molecule has 0 bridgehead atoms. The summed E-state index contributed by atoms with van der Waals surface area (Å²) < 4.78 is 0. The first kappa shape index (κ1) is 16.2. The Balaban J connectivity index is 2.42. The SMILES string of the molecule is CCNC(c1cc(C)cnc1N)C(C)(CC)N1CCCC1. The first-order valence-corrected chi connectivity index (χ1v) is 8.23. The summed E-state index contributed by atoms with van der Waals surface area (Å²) in [6, 6.07) is 2.41. The molecule has 0 radical (unpaired) electrons. The number of likely N-dealkylation sites (tertiary alicyclic amines) is 1. The fourth-order valence-electron chi connectivity index (χ4n) is 3.54. The molecule has 1 aromatic heterocycles. The summed E-state index contributed by atoms with van der Waals surface area (Å²) in [5.41, 5.74) is 8.60. The number of hydrogen-bond acceptors (Lipinski definition) is 4. The van der Waals surface area contributed by atoms with Gasteiger partial charge in [-0.1, -0.05) is 13.8 Å². The normalized spacial score (nSPS) is 20.4. The summed E-state index contributed by atoms with van der Waals surface area (Å²) >= 11 is 0. The topological polar surface area (TPSA) is 54.2 Å². The predicted molar refractivity (Wildman–Crippen MR) is 89.3 cm³/mol. The van der Waals surface area contributed by atoms with Gasteiger partial charge in [0.15, 0.2) is 0 Å². The van der Waals surface area contributed by atoms with Crippen LogP contribution in [0.2, 0.25) is 0 Å². The van der Waals surface area contributed by atoms with Crippen LogP contribution in [0.5, 0.6) is 0 Å². The van der Waals surface area contributed by atoms with Gasteiger partial charge in [-0.3, -0.25) is 4.90 Å². The quantitative estimate of drug-likeness (QED) is 0.846. The molecule has 2 unspecified atom stereocenters. The summed E-state index contributed by atoms with van der Waals surface area (Å²) in [6.45, 7) is 12.2. The number of aryl methyl sites for hydroxylation is 1. The van der Waals surface area contributed by atoms with E-state index in [1.807, 2.05) is 6.20 Å². The minimum absolute atomic E-state index is 0.0795. The third kappa shape index (κ3) is 3.22. The van der Waals surface area contributed by atoms with Gasteiger partial charge in [0.25, 0.3) is 0 Å². The molecule has 1 aliphatic rings. The molecule has 1 aliphatic heterocycles. The summed E-state index contributed by atoms with van der Waals surface area (Å²) in [6.07, 6.45) is 5.55. The third-order valence-electron chi connectivity index (χ3n) is 4.97. The molecule has 21 heavy (non-hydrogen) atoms. The minimum Gasteiger partial charge on any atom is -0.383 e. The molecule has 1 saturated heterocycles. The maximum absolute atomic E-state index is 6.20.